The smallest absolute Gasteiger partial charge is 0.295 e. The number of Topliss-reactive ketones (excluding diaryl/α,β-unsaturated/α-hetero) is 1. The van der Waals surface area contributed by atoms with Crippen molar-refractivity contribution in [2.24, 2.45) is 0 Å². The molecule has 1 saturated heterocycles. The van der Waals surface area contributed by atoms with Crippen LogP contribution < -0.4 is 9.47 Å². The summed E-state index contributed by atoms with van der Waals surface area (Å²) < 4.78 is 15.7. The van der Waals surface area contributed by atoms with Gasteiger partial charge in [0.2, 0.25) is 0 Å². The van der Waals surface area contributed by atoms with E-state index in [1.807, 2.05) is 31.2 Å². The minimum absolute atomic E-state index is 0.0127. The van der Waals surface area contributed by atoms with Crippen molar-refractivity contribution in [3.8, 4) is 11.5 Å². The molecule has 1 aliphatic rings. The maximum Gasteiger partial charge on any atom is 0.295 e. The summed E-state index contributed by atoms with van der Waals surface area (Å²) in [6.45, 7) is 2.63. The van der Waals surface area contributed by atoms with E-state index in [-0.39, 0.29) is 27.7 Å². The first-order valence-corrected chi connectivity index (χ1v) is 10.5. The first-order chi connectivity index (χ1) is 15.3. The number of carbonyl (C=O) groups excluding carboxylic acids is 2. The standard InChI is InChI=1S/C24H26ClNO6/c1-14-8-5-6-9-15(14)21-20(23(28)24(29)26(21)10-7-11-30-2)22(27)16-12-17(25)19(32-4)13-18(16)31-3/h5-6,8-9,12-13,21,27H,7,10-11H2,1-4H3/b22-20+. The molecule has 0 spiro atoms. The third-order valence-electron chi connectivity index (χ3n) is 5.50. The summed E-state index contributed by atoms with van der Waals surface area (Å²) in [6, 6.07) is 9.69. The van der Waals surface area contributed by atoms with Crippen molar-refractivity contribution in [3.63, 3.8) is 0 Å². The number of rotatable bonds is 8. The molecule has 0 aliphatic carbocycles. The zero-order chi connectivity index (χ0) is 23.4. The van der Waals surface area contributed by atoms with Gasteiger partial charge >= 0.3 is 0 Å². The maximum atomic E-state index is 13.1. The second-order valence-electron chi connectivity index (χ2n) is 7.38. The van der Waals surface area contributed by atoms with E-state index in [4.69, 9.17) is 25.8 Å². The van der Waals surface area contributed by atoms with Gasteiger partial charge in [0.15, 0.2) is 0 Å². The van der Waals surface area contributed by atoms with Crippen LogP contribution in [0.5, 0.6) is 11.5 Å². The van der Waals surface area contributed by atoms with Crippen molar-refractivity contribution < 1.29 is 28.9 Å². The summed E-state index contributed by atoms with van der Waals surface area (Å²) in [5.74, 6) is -1.17. The second kappa shape index (κ2) is 10.1. The zero-order valence-electron chi connectivity index (χ0n) is 18.5. The molecular weight excluding hydrogens is 434 g/mol. The van der Waals surface area contributed by atoms with Crippen molar-refractivity contribution in [2.75, 3.05) is 34.5 Å². The highest BCUT2D eigenvalue weighted by molar-refractivity contribution is 6.46. The van der Waals surface area contributed by atoms with Gasteiger partial charge in [0, 0.05) is 26.3 Å². The van der Waals surface area contributed by atoms with Crippen LogP contribution in [0.1, 0.15) is 29.2 Å². The molecule has 2 aromatic rings. The molecule has 1 aliphatic heterocycles. The Balaban J connectivity index is 2.23. The van der Waals surface area contributed by atoms with E-state index in [2.05, 4.69) is 0 Å². The van der Waals surface area contributed by atoms with Crippen LogP contribution in [-0.2, 0) is 14.3 Å². The number of hydrogen-bond acceptors (Lipinski definition) is 6. The Morgan fingerprint density at radius 3 is 2.41 bits per heavy atom. The molecular formula is C24H26ClNO6. The van der Waals surface area contributed by atoms with E-state index < -0.39 is 17.7 Å². The van der Waals surface area contributed by atoms with Crippen molar-refractivity contribution in [2.45, 2.75) is 19.4 Å². The van der Waals surface area contributed by atoms with Gasteiger partial charge in [-0.3, -0.25) is 9.59 Å². The third kappa shape index (κ3) is 4.31. The second-order valence-corrected chi connectivity index (χ2v) is 7.79. The Morgan fingerprint density at radius 2 is 1.78 bits per heavy atom. The predicted molar refractivity (Wildman–Crippen MR) is 121 cm³/mol. The van der Waals surface area contributed by atoms with Crippen molar-refractivity contribution in [1.82, 2.24) is 4.90 Å². The lowest BCUT2D eigenvalue weighted by molar-refractivity contribution is -0.140. The van der Waals surface area contributed by atoms with Gasteiger partial charge in [-0.05, 0) is 30.5 Å². The van der Waals surface area contributed by atoms with Crippen LogP contribution in [0.25, 0.3) is 5.76 Å². The lowest BCUT2D eigenvalue weighted by Gasteiger charge is -2.26. The van der Waals surface area contributed by atoms with E-state index in [9.17, 15) is 14.7 Å². The minimum Gasteiger partial charge on any atom is -0.507 e. The van der Waals surface area contributed by atoms with Gasteiger partial charge in [-0.15, -0.1) is 0 Å². The van der Waals surface area contributed by atoms with Crippen molar-refractivity contribution in [1.29, 1.82) is 0 Å². The summed E-state index contributed by atoms with van der Waals surface area (Å²) >= 11 is 6.28. The molecule has 0 bridgehead atoms. The first-order valence-electron chi connectivity index (χ1n) is 10.1. The fourth-order valence-electron chi connectivity index (χ4n) is 3.90. The van der Waals surface area contributed by atoms with Gasteiger partial charge in [-0.1, -0.05) is 35.9 Å². The van der Waals surface area contributed by atoms with Gasteiger partial charge in [0.25, 0.3) is 11.7 Å². The average Bonchev–Trinajstić information content (AvgIpc) is 3.03. The molecule has 1 atom stereocenters. The van der Waals surface area contributed by atoms with Crippen LogP contribution in [0, 0.1) is 6.92 Å². The highest BCUT2D eigenvalue weighted by Gasteiger charge is 2.46. The van der Waals surface area contributed by atoms with Crippen LogP contribution in [0.15, 0.2) is 42.0 Å². The molecule has 1 amide bonds. The Hall–Kier alpha value is -3.03. The molecule has 170 valence electrons. The molecule has 8 heteroatoms. The lowest BCUT2D eigenvalue weighted by Crippen LogP contribution is -2.31. The van der Waals surface area contributed by atoms with E-state index in [0.29, 0.717) is 25.3 Å². The predicted octanol–water partition coefficient (Wildman–Crippen LogP) is 4.12. The van der Waals surface area contributed by atoms with Gasteiger partial charge in [-0.2, -0.15) is 0 Å². The summed E-state index contributed by atoms with van der Waals surface area (Å²) in [7, 11) is 4.47. The molecule has 32 heavy (non-hydrogen) atoms. The number of methoxy groups -OCH3 is 3. The van der Waals surface area contributed by atoms with Crippen LogP contribution in [0.2, 0.25) is 5.02 Å². The molecule has 0 radical (unpaired) electrons. The fraction of sp³-hybridized carbons (Fsp3) is 0.333. The molecule has 1 fully saturated rings. The van der Waals surface area contributed by atoms with E-state index in [1.54, 1.807) is 7.11 Å². The molecule has 1 heterocycles. The SMILES string of the molecule is COCCCN1C(=O)C(=O)/C(=C(/O)c2cc(Cl)c(OC)cc2OC)C1c1ccccc1C. The molecule has 7 nitrogen and oxygen atoms in total. The zero-order valence-corrected chi connectivity index (χ0v) is 19.2. The number of benzene rings is 2. The minimum atomic E-state index is -0.762. The Labute approximate surface area is 192 Å². The number of ketones is 1. The third-order valence-corrected chi connectivity index (χ3v) is 5.79. The number of aliphatic hydroxyl groups is 1. The van der Waals surface area contributed by atoms with Crippen LogP contribution >= 0.6 is 11.6 Å². The Kier molecular flexibility index (Phi) is 7.43. The van der Waals surface area contributed by atoms with E-state index in [1.165, 1.54) is 31.3 Å². The molecule has 2 aromatic carbocycles. The number of carbonyl (C=O) groups is 2. The van der Waals surface area contributed by atoms with Crippen LogP contribution in [-0.4, -0.2) is 56.2 Å². The van der Waals surface area contributed by atoms with Gasteiger partial charge in [-0.25, -0.2) is 0 Å². The first kappa shape index (κ1) is 23.6. The molecule has 0 saturated carbocycles. The number of aliphatic hydroxyl groups excluding tert-OH is 1. The monoisotopic (exact) mass is 459 g/mol. The number of likely N-dealkylation sites (tertiary alicyclic amines) is 1. The van der Waals surface area contributed by atoms with Crippen LogP contribution in [0.3, 0.4) is 0 Å². The van der Waals surface area contributed by atoms with E-state index in [0.717, 1.165) is 11.1 Å². The van der Waals surface area contributed by atoms with Crippen molar-refractivity contribution >= 4 is 29.1 Å². The number of halogens is 1. The largest absolute Gasteiger partial charge is 0.507 e. The highest BCUT2D eigenvalue weighted by atomic mass is 35.5. The number of hydrogen-bond donors (Lipinski definition) is 1. The molecule has 3 rings (SSSR count). The quantitative estimate of drug-likeness (QED) is 0.276. The Bertz CT molecular complexity index is 1060. The Morgan fingerprint density at radius 1 is 1.09 bits per heavy atom. The highest BCUT2D eigenvalue weighted by Crippen LogP contribution is 2.43. The normalized spacial score (nSPS) is 17.7. The number of ether oxygens (including phenoxy) is 3. The average molecular weight is 460 g/mol. The summed E-state index contributed by atoms with van der Waals surface area (Å²) in [5, 5.41) is 11.5. The number of nitrogens with zero attached hydrogens (tertiary/aromatic N) is 1. The maximum absolute atomic E-state index is 13.1. The number of aryl methyl sites for hydroxylation is 1. The molecule has 0 aromatic heterocycles. The summed E-state index contributed by atoms with van der Waals surface area (Å²) in [5.41, 5.74) is 1.83. The van der Waals surface area contributed by atoms with Crippen molar-refractivity contribution in [3.05, 3.63) is 63.7 Å². The molecule has 1 N–H and O–H groups in total. The van der Waals surface area contributed by atoms with Gasteiger partial charge < -0.3 is 24.2 Å². The van der Waals surface area contributed by atoms with Gasteiger partial charge in [0.05, 0.1) is 36.4 Å². The number of amides is 1. The van der Waals surface area contributed by atoms with Crippen LogP contribution in [0.4, 0.5) is 0 Å². The van der Waals surface area contributed by atoms with E-state index >= 15 is 0 Å². The fourth-order valence-corrected chi connectivity index (χ4v) is 4.14. The lowest BCUT2D eigenvalue weighted by atomic mass is 9.92. The summed E-state index contributed by atoms with van der Waals surface area (Å²) in [6.07, 6.45) is 0.545. The van der Waals surface area contributed by atoms with Gasteiger partial charge in [0.1, 0.15) is 17.3 Å². The summed E-state index contributed by atoms with van der Waals surface area (Å²) in [4.78, 5) is 27.6. The molecule has 1 unspecified atom stereocenters. The topological polar surface area (TPSA) is 85.3 Å².